The average Bonchev–Trinajstić information content (AvgIpc) is 3.22. The van der Waals surface area contributed by atoms with Crippen LogP contribution in [0.4, 0.5) is 0 Å². The Labute approximate surface area is 187 Å². The van der Waals surface area contributed by atoms with Gasteiger partial charge in [-0.2, -0.15) is 0 Å². The van der Waals surface area contributed by atoms with Crippen LogP contribution in [-0.4, -0.2) is 34.8 Å². The van der Waals surface area contributed by atoms with Crippen molar-refractivity contribution in [3.63, 3.8) is 0 Å². The quantitative estimate of drug-likeness (QED) is 0.667. The van der Waals surface area contributed by atoms with E-state index in [1.165, 1.54) is 18.4 Å². The summed E-state index contributed by atoms with van der Waals surface area (Å²) in [5, 5.41) is 19.6. The summed E-state index contributed by atoms with van der Waals surface area (Å²) in [4.78, 5) is 13.9. The molecule has 4 saturated carbocycles. The van der Waals surface area contributed by atoms with Crippen molar-refractivity contribution in [2.75, 3.05) is 6.61 Å². The molecule has 5 aliphatic rings. The number of hydrogen-bond acceptors (Lipinski definition) is 4. The first-order valence-corrected chi connectivity index (χ1v) is 12.9. The van der Waals surface area contributed by atoms with Crippen LogP contribution >= 0.6 is 0 Å². The van der Waals surface area contributed by atoms with Gasteiger partial charge in [0, 0.05) is 30.8 Å². The van der Waals surface area contributed by atoms with Gasteiger partial charge in [-0.15, -0.1) is 0 Å². The number of carbonyl (C=O) groups is 1. The molecule has 1 aliphatic heterocycles. The number of aliphatic hydroxyl groups excluding tert-OH is 2. The Morgan fingerprint density at radius 1 is 1.16 bits per heavy atom. The molecule has 0 radical (unpaired) electrons. The van der Waals surface area contributed by atoms with Crippen molar-refractivity contribution in [1.29, 1.82) is 0 Å². The number of ether oxygens (including phenoxy) is 1. The number of fused-ring (bicyclic) bond motifs is 7. The molecule has 1 heterocycles. The molecule has 0 spiro atoms. The molecular formula is C27H42O4. The van der Waals surface area contributed by atoms with Gasteiger partial charge < -0.3 is 14.9 Å². The molecule has 0 amide bonds. The van der Waals surface area contributed by atoms with Crippen LogP contribution < -0.4 is 0 Å². The monoisotopic (exact) mass is 430 g/mol. The topological polar surface area (TPSA) is 66.8 Å². The van der Waals surface area contributed by atoms with Gasteiger partial charge in [0.25, 0.3) is 0 Å². The highest BCUT2D eigenvalue weighted by Crippen LogP contribution is 2.68. The molecule has 0 unspecified atom stereocenters. The summed E-state index contributed by atoms with van der Waals surface area (Å²) in [5.41, 5.74) is 1.25. The van der Waals surface area contributed by atoms with E-state index in [1.807, 2.05) is 0 Å². The average molecular weight is 431 g/mol. The minimum atomic E-state index is -0.280. The number of hydrogen-bond donors (Lipinski definition) is 2. The van der Waals surface area contributed by atoms with Crippen molar-refractivity contribution in [1.82, 2.24) is 0 Å². The lowest BCUT2D eigenvalue weighted by Gasteiger charge is -2.60. The molecule has 2 N–H and O–H groups in total. The van der Waals surface area contributed by atoms with Gasteiger partial charge in [0.2, 0.25) is 0 Å². The normalized spacial score (nSPS) is 49.7. The first kappa shape index (κ1) is 21.9. The third-order valence-corrected chi connectivity index (χ3v) is 10.9. The number of allylic oxidation sites excluding steroid dienone is 1. The Morgan fingerprint density at radius 2 is 1.94 bits per heavy atom. The van der Waals surface area contributed by atoms with Crippen LogP contribution in [0.5, 0.6) is 0 Å². The SMILES string of the molecule is CC1=C(CC[C@@H](C)CO)O[C@@H]2C[C@@H]3[C@@H]4CC[C@H]5C[C@@H](O)CC[C@]5(C)[C@@H]4CC(=O)[C@]3(C)[C@H]12. The Morgan fingerprint density at radius 3 is 2.68 bits per heavy atom. The zero-order chi connectivity index (χ0) is 22.1. The number of carbonyl (C=O) groups excluding carboxylic acids is 1. The standard InChI is InChI=1S/C27H42O4/c1-15(14-28)5-8-22-16(2)25-23(31-22)12-21-19-7-6-17-11-18(29)9-10-26(17,3)20(19)13-24(30)27(21,25)4/h15,17-21,23,25,28-29H,5-14H2,1-4H3/t15-,17+,18+,19-,20-,21-,23-,25-,26+,27-/m1/s1. The molecule has 4 nitrogen and oxygen atoms in total. The van der Waals surface area contributed by atoms with Crippen molar-refractivity contribution in [3.8, 4) is 0 Å². The fourth-order valence-corrected chi connectivity index (χ4v) is 8.97. The fraction of sp³-hybridized carbons (Fsp3) is 0.889. The number of aliphatic hydroxyl groups is 2. The summed E-state index contributed by atoms with van der Waals surface area (Å²) in [6.07, 6.45) is 8.93. The predicted octanol–water partition coefficient (Wildman–Crippen LogP) is 4.88. The Hall–Kier alpha value is -0.870. The minimum Gasteiger partial charge on any atom is -0.494 e. The molecular weight excluding hydrogens is 388 g/mol. The third-order valence-electron chi connectivity index (χ3n) is 10.9. The second-order valence-electron chi connectivity index (χ2n) is 12.3. The van der Waals surface area contributed by atoms with E-state index in [0.717, 1.165) is 50.7 Å². The summed E-state index contributed by atoms with van der Waals surface area (Å²) in [5.74, 6) is 4.23. The van der Waals surface area contributed by atoms with Crippen LogP contribution in [0.25, 0.3) is 0 Å². The molecule has 31 heavy (non-hydrogen) atoms. The first-order valence-electron chi connectivity index (χ1n) is 12.9. The lowest BCUT2D eigenvalue weighted by molar-refractivity contribution is -0.158. The molecule has 0 aromatic heterocycles. The molecule has 4 heteroatoms. The highest BCUT2D eigenvalue weighted by atomic mass is 16.5. The highest BCUT2D eigenvalue weighted by molar-refractivity contribution is 5.87. The van der Waals surface area contributed by atoms with Gasteiger partial charge in [0.1, 0.15) is 11.9 Å². The zero-order valence-corrected chi connectivity index (χ0v) is 19.9. The van der Waals surface area contributed by atoms with Crippen LogP contribution in [0.15, 0.2) is 11.3 Å². The van der Waals surface area contributed by atoms with Crippen molar-refractivity contribution in [2.45, 2.75) is 97.7 Å². The molecule has 0 saturated heterocycles. The summed E-state index contributed by atoms with van der Waals surface area (Å²) in [7, 11) is 0. The summed E-state index contributed by atoms with van der Waals surface area (Å²) >= 11 is 0. The Bertz CT molecular complexity index is 773. The molecule has 174 valence electrons. The molecule has 4 fully saturated rings. The van der Waals surface area contributed by atoms with E-state index in [1.54, 1.807) is 0 Å². The second kappa shape index (κ2) is 7.58. The van der Waals surface area contributed by atoms with E-state index in [-0.39, 0.29) is 41.5 Å². The van der Waals surface area contributed by atoms with Gasteiger partial charge in [-0.05, 0) is 92.4 Å². The van der Waals surface area contributed by atoms with Gasteiger partial charge >= 0.3 is 0 Å². The van der Waals surface area contributed by atoms with Crippen molar-refractivity contribution >= 4 is 5.78 Å². The maximum Gasteiger partial charge on any atom is 0.140 e. The zero-order valence-electron chi connectivity index (χ0n) is 19.9. The van der Waals surface area contributed by atoms with Crippen LogP contribution in [0.2, 0.25) is 0 Å². The van der Waals surface area contributed by atoms with Crippen LogP contribution in [0.1, 0.15) is 85.5 Å². The third kappa shape index (κ3) is 3.10. The van der Waals surface area contributed by atoms with E-state index in [0.29, 0.717) is 29.5 Å². The van der Waals surface area contributed by atoms with Crippen molar-refractivity contribution in [2.24, 2.45) is 46.3 Å². The second-order valence-corrected chi connectivity index (χ2v) is 12.3. The highest BCUT2D eigenvalue weighted by Gasteiger charge is 2.67. The van der Waals surface area contributed by atoms with E-state index >= 15 is 0 Å². The Balaban J connectivity index is 1.41. The summed E-state index contributed by atoms with van der Waals surface area (Å²) in [6, 6.07) is 0. The molecule has 0 aromatic rings. The summed E-state index contributed by atoms with van der Waals surface area (Å²) < 4.78 is 6.54. The van der Waals surface area contributed by atoms with E-state index < -0.39 is 0 Å². The number of Topliss-reactive ketones (excluding diaryl/α,β-unsaturated/α-hetero) is 1. The smallest absolute Gasteiger partial charge is 0.140 e. The van der Waals surface area contributed by atoms with Crippen LogP contribution in [-0.2, 0) is 9.53 Å². The molecule has 4 aliphatic carbocycles. The maximum atomic E-state index is 13.9. The van der Waals surface area contributed by atoms with Gasteiger partial charge in [-0.3, -0.25) is 4.79 Å². The summed E-state index contributed by atoms with van der Waals surface area (Å²) in [6.45, 7) is 9.21. The number of ketones is 1. The number of rotatable bonds is 4. The minimum absolute atomic E-state index is 0.141. The van der Waals surface area contributed by atoms with Crippen LogP contribution in [0, 0.1) is 46.3 Å². The largest absolute Gasteiger partial charge is 0.494 e. The maximum absolute atomic E-state index is 13.9. The molecule has 0 bridgehead atoms. The van der Waals surface area contributed by atoms with Crippen LogP contribution in [0.3, 0.4) is 0 Å². The predicted molar refractivity (Wildman–Crippen MR) is 120 cm³/mol. The van der Waals surface area contributed by atoms with Crippen molar-refractivity contribution in [3.05, 3.63) is 11.3 Å². The lowest BCUT2D eigenvalue weighted by Crippen LogP contribution is -2.57. The molecule has 10 atom stereocenters. The first-order chi connectivity index (χ1) is 14.7. The van der Waals surface area contributed by atoms with E-state index in [4.69, 9.17) is 4.74 Å². The lowest BCUT2D eigenvalue weighted by atomic mass is 9.44. The van der Waals surface area contributed by atoms with Gasteiger partial charge in [-0.25, -0.2) is 0 Å². The van der Waals surface area contributed by atoms with Gasteiger partial charge in [0.05, 0.1) is 11.9 Å². The molecule has 5 rings (SSSR count). The van der Waals surface area contributed by atoms with Crippen molar-refractivity contribution < 1.29 is 19.7 Å². The van der Waals surface area contributed by atoms with E-state index in [2.05, 4.69) is 27.7 Å². The van der Waals surface area contributed by atoms with Gasteiger partial charge in [0.15, 0.2) is 0 Å². The van der Waals surface area contributed by atoms with E-state index in [9.17, 15) is 15.0 Å². The Kier molecular flexibility index (Phi) is 5.37. The molecule has 0 aromatic carbocycles. The van der Waals surface area contributed by atoms with Gasteiger partial charge in [-0.1, -0.05) is 20.8 Å². The fourth-order valence-electron chi connectivity index (χ4n) is 8.97.